The second kappa shape index (κ2) is 10.5. The molecule has 1 fully saturated rings. The fourth-order valence-electron chi connectivity index (χ4n) is 4.09. The summed E-state index contributed by atoms with van der Waals surface area (Å²) in [6, 6.07) is 5.63. The molecule has 1 saturated heterocycles. The average Bonchev–Trinajstić information content (AvgIpc) is 3.56. The number of nitrogen functional groups attached to an aromatic ring is 1. The first-order valence-corrected chi connectivity index (χ1v) is 12.5. The Hall–Kier alpha value is -3.88. The molecule has 38 heavy (non-hydrogen) atoms. The average molecular weight is 564 g/mol. The third-order valence-corrected chi connectivity index (χ3v) is 6.99. The lowest BCUT2D eigenvalue weighted by Crippen LogP contribution is -2.30. The molecular weight excluding hydrogens is 544 g/mol. The van der Waals surface area contributed by atoms with Gasteiger partial charge in [0, 0.05) is 36.1 Å². The number of benzene rings is 1. The molecule has 1 aliphatic rings. The standard InChI is InChI=1S/C23H20ClF2N7O4S/c24-11-2-3-14(37-23(25)26)13(8-11)18-22(38-15(29-18)9-16(35)32-7-4-12(34)10-32)30-21(36)17-19(27)31-33-6-1-5-28-20(17)33/h1-3,5-6,8,12,23,34H,4,7,9-10H2,(H2,27,31)(H,30,36)/t12-/m0/s1. The lowest BCUT2D eigenvalue weighted by atomic mass is 10.1. The van der Waals surface area contributed by atoms with Crippen molar-refractivity contribution in [3.05, 3.63) is 52.3 Å². The molecule has 0 unspecified atom stereocenters. The minimum atomic E-state index is -3.13. The van der Waals surface area contributed by atoms with Crippen molar-refractivity contribution in [2.24, 2.45) is 0 Å². The van der Waals surface area contributed by atoms with Crippen LogP contribution in [0.4, 0.5) is 19.6 Å². The molecule has 1 aromatic carbocycles. The van der Waals surface area contributed by atoms with Crippen LogP contribution in [0.5, 0.6) is 5.75 Å². The predicted molar refractivity (Wildman–Crippen MR) is 135 cm³/mol. The van der Waals surface area contributed by atoms with Gasteiger partial charge < -0.3 is 25.8 Å². The molecule has 5 rings (SSSR count). The quantitative estimate of drug-likeness (QED) is 0.311. The first kappa shape index (κ1) is 25.8. The largest absolute Gasteiger partial charge is 0.434 e. The number of hydrogen-bond donors (Lipinski definition) is 3. The van der Waals surface area contributed by atoms with Crippen molar-refractivity contribution in [2.75, 3.05) is 24.1 Å². The van der Waals surface area contributed by atoms with E-state index >= 15 is 0 Å². The summed E-state index contributed by atoms with van der Waals surface area (Å²) in [5.74, 6) is -1.23. The maximum absolute atomic E-state index is 13.3. The molecule has 198 valence electrons. The molecule has 2 amide bonds. The first-order chi connectivity index (χ1) is 18.2. The summed E-state index contributed by atoms with van der Waals surface area (Å²) in [5, 5.41) is 17.2. The van der Waals surface area contributed by atoms with Gasteiger partial charge in [-0.1, -0.05) is 11.6 Å². The molecule has 3 aromatic heterocycles. The number of amides is 2. The summed E-state index contributed by atoms with van der Waals surface area (Å²) >= 11 is 7.13. The maximum atomic E-state index is 13.3. The third-order valence-electron chi connectivity index (χ3n) is 5.78. The van der Waals surface area contributed by atoms with Crippen LogP contribution in [0.2, 0.25) is 5.02 Å². The van der Waals surface area contributed by atoms with Gasteiger partial charge in [0.1, 0.15) is 27.0 Å². The monoisotopic (exact) mass is 563 g/mol. The van der Waals surface area contributed by atoms with Crippen LogP contribution in [0.25, 0.3) is 16.9 Å². The van der Waals surface area contributed by atoms with Crippen LogP contribution in [-0.2, 0) is 11.2 Å². The van der Waals surface area contributed by atoms with Gasteiger partial charge in [0.15, 0.2) is 11.5 Å². The molecular formula is C23H20ClF2N7O4S. The zero-order chi connectivity index (χ0) is 27.0. The van der Waals surface area contributed by atoms with Crippen molar-refractivity contribution < 1.29 is 28.2 Å². The van der Waals surface area contributed by atoms with Crippen LogP contribution in [0.3, 0.4) is 0 Å². The Labute approximate surface area is 222 Å². The predicted octanol–water partition coefficient (Wildman–Crippen LogP) is 3.08. The fraction of sp³-hybridized carbons (Fsp3) is 0.261. The van der Waals surface area contributed by atoms with Crippen molar-refractivity contribution in [2.45, 2.75) is 25.6 Å². The topological polar surface area (TPSA) is 148 Å². The molecule has 11 nitrogen and oxygen atoms in total. The summed E-state index contributed by atoms with van der Waals surface area (Å²) in [4.78, 5) is 36.3. The van der Waals surface area contributed by atoms with Gasteiger partial charge in [-0.25, -0.2) is 14.5 Å². The molecule has 4 aromatic rings. The number of carbonyl (C=O) groups is 2. The third kappa shape index (κ3) is 5.23. The van der Waals surface area contributed by atoms with E-state index < -0.39 is 18.6 Å². The summed E-state index contributed by atoms with van der Waals surface area (Å²) in [6.07, 6.45) is 2.80. The highest BCUT2D eigenvalue weighted by Gasteiger charge is 2.28. The number of alkyl halides is 2. The summed E-state index contributed by atoms with van der Waals surface area (Å²) < 4.78 is 32.3. The smallest absolute Gasteiger partial charge is 0.387 e. The second-order valence-corrected chi connectivity index (χ2v) is 9.89. The summed E-state index contributed by atoms with van der Waals surface area (Å²) in [5.41, 5.74) is 6.35. The van der Waals surface area contributed by atoms with E-state index in [0.29, 0.717) is 18.0 Å². The van der Waals surface area contributed by atoms with Gasteiger partial charge in [-0.15, -0.1) is 16.4 Å². The normalized spacial score (nSPS) is 15.4. The minimum Gasteiger partial charge on any atom is -0.434 e. The fourth-order valence-corrected chi connectivity index (χ4v) is 5.23. The highest BCUT2D eigenvalue weighted by molar-refractivity contribution is 7.16. The van der Waals surface area contributed by atoms with E-state index in [1.807, 2.05) is 0 Å². The van der Waals surface area contributed by atoms with E-state index in [4.69, 9.17) is 17.3 Å². The number of nitrogens with zero attached hydrogens (tertiary/aromatic N) is 5. The van der Waals surface area contributed by atoms with E-state index in [-0.39, 0.29) is 62.9 Å². The highest BCUT2D eigenvalue weighted by Crippen LogP contribution is 2.41. The van der Waals surface area contributed by atoms with Crippen molar-refractivity contribution in [3.63, 3.8) is 0 Å². The maximum Gasteiger partial charge on any atom is 0.387 e. The first-order valence-electron chi connectivity index (χ1n) is 11.3. The van der Waals surface area contributed by atoms with Crippen molar-refractivity contribution in [1.29, 1.82) is 0 Å². The lowest BCUT2D eigenvalue weighted by Gasteiger charge is -2.14. The van der Waals surface area contributed by atoms with Gasteiger partial charge in [-0.05, 0) is 30.7 Å². The molecule has 4 N–H and O–H groups in total. The number of nitrogens with one attached hydrogen (secondary N) is 1. The molecule has 1 atom stereocenters. The van der Waals surface area contributed by atoms with Crippen LogP contribution in [0.1, 0.15) is 21.8 Å². The van der Waals surface area contributed by atoms with Crippen LogP contribution in [0.15, 0.2) is 36.7 Å². The van der Waals surface area contributed by atoms with Gasteiger partial charge in [0.2, 0.25) is 5.91 Å². The van der Waals surface area contributed by atoms with Crippen LogP contribution < -0.4 is 15.8 Å². The molecule has 0 saturated carbocycles. The molecule has 0 bridgehead atoms. The molecule has 15 heteroatoms. The van der Waals surface area contributed by atoms with Gasteiger partial charge in [0.05, 0.1) is 12.5 Å². The lowest BCUT2D eigenvalue weighted by molar-refractivity contribution is -0.129. The SMILES string of the molecule is Nc1nn2cccnc2c1C(=O)Nc1sc(CC(=O)N2CC[C@H](O)C2)nc1-c1cc(Cl)ccc1OC(F)F. The molecule has 0 aliphatic carbocycles. The van der Waals surface area contributed by atoms with Crippen molar-refractivity contribution in [1.82, 2.24) is 24.5 Å². The molecule has 0 radical (unpaired) electrons. The van der Waals surface area contributed by atoms with Gasteiger partial charge in [0.25, 0.3) is 5.91 Å². The number of hydrogen-bond acceptors (Lipinski definition) is 9. The molecule has 0 spiro atoms. The number of anilines is 2. The van der Waals surface area contributed by atoms with E-state index in [9.17, 15) is 23.5 Å². The number of halogens is 3. The van der Waals surface area contributed by atoms with Gasteiger partial charge in [-0.2, -0.15) is 8.78 Å². The number of aromatic nitrogens is 4. The van der Waals surface area contributed by atoms with E-state index in [2.05, 4.69) is 25.1 Å². The highest BCUT2D eigenvalue weighted by atomic mass is 35.5. The Morgan fingerprint density at radius 3 is 2.92 bits per heavy atom. The van der Waals surface area contributed by atoms with Crippen molar-refractivity contribution in [3.8, 4) is 17.0 Å². The number of fused-ring (bicyclic) bond motifs is 1. The number of ether oxygens (including phenoxy) is 1. The Balaban J connectivity index is 1.54. The Morgan fingerprint density at radius 2 is 2.18 bits per heavy atom. The number of aliphatic hydroxyl groups is 1. The van der Waals surface area contributed by atoms with Crippen molar-refractivity contribution >= 4 is 51.2 Å². The second-order valence-electron chi connectivity index (χ2n) is 8.37. The zero-order valence-corrected chi connectivity index (χ0v) is 21.0. The van der Waals surface area contributed by atoms with Crippen LogP contribution in [-0.4, -0.2) is 67.2 Å². The van der Waals surface area contributed by atoms with E-state index in [0.717, 1.165) is 11.3 Å². The zero-order valence-electron chi connectivity index (χ0n) is 19.5. The van der Waals surface area contributed by atoms with Crippen LogP contribution >= 0.6 is 22.9 Å². The number of thiazole rings is 1. The van der Waals surface area contributed by atoms with Gasteiger partial charge in [-0.3, -0.25) is 9.59 Å². The number of rotatable bonds is 7. The number of nitrogens with two attached hydrogens (primary N) is 1. The number of carbonyl (C=O) groups excluding carboxylic acids is 2. The number of aliphatic hydroxyl groups excluding tert-OH is 1. The van der Waals surface area contributed by atoms with E-state index in [1.54, 1.807) is 12.3 Å². The van der Waals surface area contributed by atoms with Gasteiger partial charge >= 0.3 is 6.61 Å². The molecule has 4 heterocycles. The van der Waals surface area contributed by atoms with E-state index in [1.165, 1.54) is 33.8 Å². The number of likely N-dealkylation sites (tertiary alicyclic amines) is 1. The number of β-amino-alcohol motifs (C(OH)–C–C–N with tert-alkyl or cyclic N) is 1. The summed E-state index contributed by atoms with van der Waals surface area (Å²) in [6.45, 7) is -2.51. The Bertz CT molecular complexity index is 1530. The summed E-state index contributed by atoms with van der Waals surface area (Å²) in [7, 11) is 0. The Morgan fingerprint density at radius 1 is 1.37 bits per heavy atom. The minimum absolute atomic E-state index is 0.00350. The van der Waals surface area contributed by atoms with Crippen LogP contribution in [0, 0.1) is 0 Å². The Kier molecular flexibility index (Phi) is 7.10. The molecule has 1 aliphatic heterocycles.